The second kappa shape index (κ2) is 5.94. The van der Waals surface area contributed by atoms with Crippen molar-refractivity contribution in [1.82, 2.24) is 4.90 Å². The van der Waals surface area contributed by atoms with E-state index in [0.29, 0.717) is 0 Å². The number of thioether (sulfide) groups is 1. The summed E-state index contributed by atoms with van der Waals surface area (Å²) in [4.78, 5) is 3.83. The van der Waals surface area contributed by atoms with Crippen molar-refractivity contribution in [3.8, 4) is 0 Å². The Morgan fingerprint density at radius 3 is 2.75 bits per heavy atom. The molecule has 1 fully saturated rings. The number of likely N-dealkylation sites (tertiary alicyclic amines) is 1. The van der Waals surface area contributed by atoms with Gasteiger partial charge in [0.15, 0.2) is 0 Å². The van der Waals surface area contributed by atoms with Gasteiger partial charge in [-0.3, -0.25) is 0 Å². The number of nitrogens with zero attached hydrogens (tertiary/aromatic N) is 1. The van der Waals surface area contributed by atoms with Crippen molar-refractivity contribution in [1.29, 1.82) is 0 Å². The van der Waals surface area contributed by atoms with E-state index >= 15 is 0 Å². The minimum atomic E-state index is 0.816. The molecule has 0 bridgehead atoms. The van der Waals surface area contributed by atoms with Gasteiger partial charge in [0.2, 0.25) is 0 Å². The summed E-state index contributed by atoms with van der Waals surface area (Å²) in [7, 11) is 0. The predicted octanol–water partition coefficient (Wildman–Crippen LogP) is 3.22. The third-order valence-corrected chi connectivity index (χ3v) is 4.79. The van der Waals surface area contributed by atoms with Crippen LogP contribution < -0.4 is 5.73 Å². The van der Waals surface area contributed by atoms with Crippen LogP contribution in [0.15, 0.2) is 27.6 Å². The van der Waals surface area contributed by atoms with E-state index in [0.717, 1.165) is 15.9 Å². The first-order valence-corrected chi connectivity index (χ1v) is 7.44. The zero-order valence-electron chi connectivity index (χ0n) is 9.29. The lowest BCUT2D eigenvalue weighted by atomic mass is 10.3. The molecule has 2 nitrogen and oxygen atoms in total. The third kappa shape index (κ3) is 3.40. The molecule has 1 aliphatic rings. The van der Waals surface area contributed by atoms with Crippen LogP contribution >= 0.6 is 27.7 Å². The van der Waals surface area contributed by atoms with Gasteiger partial charge >= 0.3 is 0 Å². The molecule has 16 heavy (non-hydrogen) atoms. The first-order chi connectivity index (χ1) is 7.75. The number of hydrogen-bond acceptors (Lipinski definition) is 3. The lowest BCUT2D eigenvalue weighted by Gasteiger charge is -2.14. The summed E-state index contributed by atoms with van der Waals surface area (Å²) in [6.45, 7) is 3.76. The number of benzene rings is 1. The van der Waals surface area contributed by atoms with Crippen molar-refractivity contribution in [2.75, 3.05) is 31.1 Å². The molecule has 1 aromatic carbocycles. The van der Waals surface area contributed by atoms with Crippen molar-refractivity contribution in [2.45, 2.75) is 17.7 Å². The molecule has 0 amide bonds. The monoisotopic (exact) mass is 300 g/mol. The average Bonchev–Trinajstić information content (AvgIpc) is 2.74. The number of hydrogen-bond donors (Lipinski definition) is 1. The summed E-state index contributed by atoms with van der Waals surface area (Å²) in [6, 6.07) is 6.02. The largest absolute Gasteiger partial charge is 0.399 e. The molecule has 0 atom stereocenters. The Balaban J connectivity index is 1.80. The van der Waals surface area contributed by atoms with Crippen molar-refractivity contribution in [3.63, 3.8) is 0 Å². The van der Waals surface area contributed by atoms with Crippen molar-refractivity contribution in [3.05, 3.63) is 22.7 Å². The Morgan fingerprint density at radius 2 is 2.06 bits per heavy atom. The molecule has 0 radical (unpaired) electrons. The Bertz CT molecular complexity index is 351. The van der Waals surface area contributed by atoms with Gasteiger partial charge in [0.1, 0.15) is 0 Å². The molecular formula is C12H17BrN2S. The molecule has 1 heterocycles. The van der Waals surface area contributed by atoms with Crippen LogP contribution in [0.2, 0.25) is 0 Å². The molecule has 0 unspecified atom stereocenters. The fourth-order valence-electron chi connectivity index (χ4n) is 1.93. The highest BCUT2D eigenvalue weighted by Gasteiger charge is 2.10. The van der Waals surface area contributed by atoms with E-state index in [2.05, 4.69) is 26.9 Å². The van der Waals surface area contributed by atoms with Crippen LogP contribution in [0, 0.1) is 0 Å². The molecule has 1 saturated heterocycles. The summed E-state index contributed by atoms with van der Waals surface area (Å²) in [5, 5.41) is 0. The molecular weight excluding hydrogens is 284 g/mol. The Morgan fingerprint density at radius 1 is 1.31 bits per heavy atom. The van der Waals surface area contributed by atoms with Gasteiger partial charge in [-0.25, -0.2) is 0 Å². The highest BCUT2D eigenvalue weighted by atomic mass is 79.9. The quantitative estimate of drug-likeness (QED) is 0.684. The van der Waals surface area contributed by atoms with Crippen LogP contribution in [0.4, 0.5) is 5.69 Å². The standard InChI is InChI=1S/C12H17BrN2S/c13-11-9-10(14)3-4-12(11)16-8-7-15-5-1-2-6-15/h3-4,9H,1-2,5-8,14H2. The first-order valence-electron chi connectivity index (χ1n) is 5.66. The Hall–Kier alpha value is -0.190. The van der Waals surface area contributed by atoms with E-state index in [9.17, 15) is 0 Å². The number of nitrogen functional groups attached to an aromatic ring is 1. The van der Waals surface area contributed by atoms with E-state index in [4.69, 9.17) is 5.73 Å². The molecule has 88 valence electrons. The predicted molar refractivity (Wildman–Crippen MR) is 75.0 cm³/mol. The van der Waals surface area contributed by atoms with Crippen molar-refractivity contribution >= 4 is 33.4 Å². The maximum Gasteiger partial charge on any atom is 0.0331 e. The maximum atomic E-state index is 5.71. The summed E-state index contributed by atoms with van der Waals surface area (Å²) in [6.07, 6.45) is 2.74. The first kappa shape index (κ1) is 12.3. The van der Waals surface area contributed by atoms with E-state index in [1.165, 1.54) is 37.4 Å². The minimum absolute atomic E-state index is 0.816. The molecule has 0 spiro atoms. The van der Waals surface area contributed by atoms with Crippen LogP contribution in [-0.4, -0.2) is 30.3 Å². The van der Waals surface area contributed by atoms with E-state index < -0.39 is 0 Å². The molecule has 1 aliphatic heterocycles. The molecule has 4 heteroatoms. The van der Waals surface area contributed by atoms with Crippen molar-refractivity contribution < 1.29 is 0 Å². The SMILES string of the molecule is Nc1ccc(SCCN2CCCC2)c(Br)c1. The van der Waals surface area contributed by atoms with Gasteiger partial charge in [0.25, 0.3) is 0 Å². The highest BCUT2D eigenvalue weighted by Crippen LogP contribution is 2.29. The van der Waals surface area contributed by atoms with Crippen molar-refractivity contribution in [2.24, 2.45) is 0 Å². The lowest BCUT2D eigenvalue weighted by molar-refractivity contribution is 0.362. The summed E-state index contributed by atoms with van der Waals surface area (Å²) in [5.41, 5.74) is 6.52. The Labute approximate surface area is 110 Å². The summed E-state index contributed by atoms with van der Waals surface area (Å²) < 4.78 is 1.11. The van der Waals surface area contributed by atoms with Crippen LogP contribution in [0.5, 0.6) is 0 Å². The number of anilines is 1. The van der Waals surface area contributed by atoms with Gasteiger partial charge in [-0.1, -0.05) is 0 Å². The lowest BCUT2D eigenvalue weighted by Crippen LogP contribution is -2.21. The third-order valence-electron chi connectivity index (χ3n) is 2.82. The molecule has 0 aromatic heterocycles. The average molecular weight is 301 g/mol. The van der Waals surface area contributed by atoms with Crippen LogP contribution in [-0.2, 0) is 0 Å². The second-order valence-corrected chi connectivity index (χ2v) is 6.08. The second-order valence-electron chi connectivity index (χ2n) is 4.09. The van der Waals surface area contributed by atoms with Gasteiger partial charge in [-0.2, -0.15) is 0 Å². The van der Waals surface area contributed by atoms with Gasteiger partial charge in [0.05, 0.1) is 0 Å². The number of halogens is 1. The molecule has 2 rings (SSSR count). The summed E-state index contributed by atoms with van der Waals surface area (Å²) >= 11 is 5.44. The van der Waals surface area contributed by atoms with Crippen LogP contribution in [0.1, 0.15) is 12.8 Å². The highest BCUT2D eigenvalue weighted by molar-refractivity contribution is 9.10. The number of nitrogens with two attached hydrogens (primary N) is 1. The van der Waals surface area contributed by atoms with Gasteiger partial charge in [0, 0.05) is 27.4 Å². The van der Waals surface area contributed by atoms with E-state index in [1.807, 2.05) is 23.9 Å². The van der Waals surface area contributed by atoms with E-state index in [1.54, 1.807) is 0 Å². The topological polar surface area (TPSA) is 29.3 Å². The zero-order valence-corrected chi connectivity index (χ0v) is 11.7. The van der Waals surface area contributed by atoms with E-state index in [-0.39, 0.29) is 0 Å². The smallest absolute Gasteiger partial charge is 0.0331 e. The molecule has 1 aromatic rings. The van der Waals surface area contributed by atoms with Crippen LogP contribution in [0.3, 0.4) is 0 Å². The molecule has 2 N–H and O–H groups in total. The maximum absolute atomic E-state index is 5.71. The zero-order chi connectivity index (χ0) is 11.4. The van der Waals surface area contributed by atoms with Crippen LogP contribution in [0.25, 0.3) is 0 Å². The normalized spacial score (nSPS) is 16.8. The number of rotatable bonds is 4. The Kier molecular flexibility index (Phi) is 4.55. The summed E-state index contributed by atoms with van der Waals surface area (Å²) in [5.74, 6) is 1.16. The van der Waals surface area contributed by atoms with Gasteiger partial charge in [-0.05, 0) is 60.1 Å². The fourth-order valence-corrected chi connectivity index (χ4v) is 3.60. The molecule has 0 saturated carbocycles. The molecule has 0 aliphatic carbocycles. The minimum Gasteiger partial charge on any atom is -0.399 e. The fraction of sp³-hybridized carbons (Fsp3) is 0.500. The van der Waals surface area contributed by atoms with Gasteiger partial charge in [-0.15, -0.1) is 11.8 Å². The van der Waals surface area contributed by atoms with Gasteiger partial charge < -0.3 is 10.6 Å².